The van der Waals surface area contributed by atoms with Crippen molar-refractivity contribution in [3.05, 3.63) is 53.6 Å². The summed E-state index contributed by atoms with van der Waals surface area (Å²) in [5.41, 5.74) is 6.33. The van der Waals surface area contributed by atoms with Gasteiger partial charge in [0.15, 0.2) is 0 Å². The molecule has 7 nitrogen and oxygen atoms in total. The smallest absolute Gasteiger partial charge is 0.259 e. The van der Waals surface area contributed by atoms with Gasteiger partial charge in [-0.25, -0.2) is 5.43 Å². The molecule has 1 fully saturated rings. The number of hydrogen-bond acceptors (Lipinski definition) is 6. The molecule has 0 aromatic heterocycles. The molecule has 0 radical (unpaired) electrons. The van der Waals surface area contributed by atoms with Crippen LogP contribution in [0.4, 0.5) is 5.69 Å². The van der Waals surface area contributed by atoms with Crippen molar-refractivity contribution in [1.82, 2.24) is 10.3 Å². The number of rotatable bonds is 9. The van der Waals surface area contributed by atoms with Crippen LogP contribution in [-0.2, 0) is 11.3 Å². The van der Waals surface area contributed by atoms with Crippen LogP contribution in [0.25, 0.3) is 0 Å². The number of anilines is 1. The predicted octanol–water partition coefficient (Wildman–Crippen LogP) is 3.64. The quantitative estimate of drug-likeness (QED) is 0.475. The summed E-state index contributed by atoms with van der Waals surface area (Å²) in [7, 11) is 3.32. The van der Waals surface area contributed by atoms with Gasteiger partial charge in [-0.1, -0.05) is 6.42 Å². The highest BCUT2D eigenvalue weighted by Gasteiger charge is 2.14. The van der Waals surface area contributed by atoms with E-state index in [-0.39, 0.29) is 12.5 Å². The highest BCUT2D eigenvalue weighted by Crippen LogP contribution is 2.23. The van der Waals surface area contributed by atoms with Gasteiger partial charge in [0.25, 0.3) is 5.91 Å². The molecular weight excluding hydrogens is 392 g/mol. The van der Waals surface area contributed by atoms with E-state index in [0.29, 0.717) is 0 Å². The van der Waals surface area contributed by atoms with Crippen molar-refractivity contribution in [3.63, 3.8) is 0 Å². The van der Waals surface area contributed by atoms with E-state index in [1.807, 2.05) is 43.3 Å². The molecule has 1 aliphatic rings. The molecule has 3 rings (SSSR count). The predicted molar refractivity (Wildman–Crippen MR) is 124 cm³/mol. The summed E-state index contributed by atoms with van der Waals surface area (Å²) in [5, 5.41) is 7.35. The maximum atomic E-state index is 12.2. The van der Waals surface area contributed by atoms with E-state index >= 15 is 0 Å². The van der Waals surface area contributed by atoms with E-state index < -0.39 is 0 Å². The zero-order valence-corrected chi connectivity index (χ0v) is 18.6. The second-order valence-electron chi connectivity index (χ2n) is 7.68. The second-order valence-corrected chi connectivity index (χ2v) is 7.68. The normalized spacial score (nSPS) is 14.7. The molecule has 0 spiro atoms. The first kappa shape index (κ1) is 22.6. The van der Waals surface area contributed by atoms with Crippen LogP contribution in [0.5, 0.6) is 11.5 Å². The topological polar surface area (TPSA) is 75.2 Å². The van der Waals surface area contributed by atoms with Gasteiger partial charge in [-0.15, -0.1) is 0 Å². The van der Waals surface area contributed by atoms with E-state index in [2.05, 4.69) is 26.8 Å². The summed E-state index contributed by atoms with van der Waals surface area (Å²) in [6.45, 7) is 5.13. The van der Waals surface area contributed by atoms with Gasteiger partial charge in [0.05, 0.1) is 26.5 Å². The molecule has 0 unspecified atom stereocenters. The lowest BCUT2D eigenvalue weighted by atomic mass is 10.0. The largest absolute Gasteiger partial charge is 0.497 e. The fourth-order valence-corrected chi connectivity index (χ4v) is 3.63. The third-order valence-corrected chi connectivity index (χ3v) is 5.43. The Balaban J connectivity index is 1.57. The van der Waals surface area contributed by atoms with Gasteiger partial charge in [-0.2, -0.15) is 5.10 Å². The summed E-state index contributed by atoms with van der Waals surface area (Å²) >= 11 is 0. The van der Waals surface area contributed by atoms with Gasteiger partial charge < -0.3 is 14.8 Å². The average molecular weight is 425 g/mol. The number of benzene rings is 2. The molecule has 2 aromatic rings. The Labute approximate surface area is 184 Å². The van der Waals surface area contributed by atoms with Crippen molar-refractivity contribution < 1.29 is 14.3 Å². The fourth-order valence-electron chi connectivity index (χ4n) is 3.63. The van der Waals surface area contributed by atoms with Crippen molar-refractivity contribution in [2.24, 2.45) is 5.10 Å². The van der Waals surface area contributed by atoms with Gasteiger partial charge in [-0.3, -0.25) is 9.69 Å². The minimum atomic E-state index is -0.211. The lowest BCUT2D eigenvalue weighted by Crippen LogP contribution is -2.29. The van der Waals surface area contributed by atoms with E-state index in [0.717, 1.165) is 53.7 Å². The maximum absolute atomic E-state index is 12.2. The number of hydrazone groups is 1. The van der Waals surface area contributed by atoms with Gasteiger partial charge in [0.1, 0.15) is 11.5 Å². The van der Waals surface area contributed by atoms with Crippen molar-refractivity contribution >= 4 is 17.3 Å². The highest BCUT2D eigenvalue weighted by molar-refractivity contribution is 5.99. The summed E-state index contributed by atoms with van der Waals surface area (Å²) in [6, 6.07) is 13.5. The van der Waals surface area contributed by atoms with Crippen LogP contribution in [0.2, 0.25) is 0 Å². The number of methoxy groups -OCH3 is 2. The first-order valence-electron chi connectivity index (χ1n) is 10.7. The van der Waals surface area contributed by atoms with Crippen LogP contribution in [0.15, 0.2) is 47.6 Å². The van der Waals surface area contributed by atoms with Gasteiger partial charge >= 0.3 is 0 Å². The van der Waals surface area contributed by atoms with Gasteiger partial charge in [-0.05, 0) is 80.9 Å². The van der Waals surface area contributed by atoms with Crippen molar-refractivity contribution in [3.8, 4) is 11.5 Å². The van der Waals surface area contributed by atoms with Crippen LogP contribution >= 0.6 is 0 Å². The zero-order valence-electron chi connectivity index (χ0n) is 18.6. The Morgan fingerprint density at radius 2 is 1.77 bits per heavy atom. The number of nitrogens with one attached hydrogen (secondary N) is 2. The van der Waals surface area contributed by atoms with Crippen molar-refractivity contribution in [1.29, 1.82) is 0 Å². The lowest BCUT2D eigenvalue weighted by molar-refractivity contribution is -0.119. The molecule has 31 heavy (non-hydrogen) atoms. The summed E-state index contributed by atoms with van der Waals surface area (Å²) in [5.74, 6) is 1.45. The standard InChI is InChI=1S/C24H32N4O3/c1-18(26-27-24(29)16-25-21-8-10-22(30-2)11-9-21)19-7-12-23(31-3)20(15-19)17-28-13-5-4-6-14-28/h7-12,15,25H,4-6,13-14,16-17H2,1-3H3,(H,27,29)/b26-18-. The maximum Gasteiger partial charge on any atom is 0.259 e. The molecule has 2 aromatic carbocycles. The van der Waals surface area contributed by atoms with Crippen LogP contribution < -0.4 is 20.2 Å². The molecule has 0 atom stereocenters. The number of nitrogens with zero attached hydrogens (tertiary/aromatic N) is 2. The zero-order chi connectivity index (χ0) is 22.1. The third kappa shape index (κ3) is 6.72. The number of piperidine rings is 1. The molecule has 166 valence electrons. The molecule has 1 aliphatic heterocycles. The molecule has 1 heterocycles. The lowest BCUT2D eigenvalue weighted by Gasteiger charge is -2.27. The number of amides is 1. The van der Waals surface area contributed by atoms with Gasteiger partial charge in [0, 0.05) is 17.8 Å². The molecular formula is C24H32N4O3. The molecule has 0 bridgehead atoms. The molecule has 0 aliphatic carbocycles. The third-order valence-electron chi connectivity index (χ3n) is 5.43. The number of carbonyl (C=O) groups excluding carboxylic acids is 1. The van der Waals surface area contributed by atoms with Crippen LogP contribution in [0, 0.1) is 0 Å². The molecule has 2 N–H and O–H groups in total. The number of hydrogen-bond donors (Lipinski definition) is 2. The Kier molecular flexibility index (Phi) is 8.29. The fraction of sp³-hybridized carbons (Fsp3) is 0.417. The Morgan fingerprint density at radius 1 is 1.03 bits per heavy atom. The van der Waals surface area contributed by atoms with Crippen molar-refractivity contribution in [2.45, 2.75) is 32.7 Å². The molecule has 1 amide bonds. The van der Waals surface area contributed by atoms with E-state index in [1.54, 1.807) is 14.2 Å². The number of ether oxygens (including phenoxy) is 2. The van der Waals surface area contributed by atoms with Crippen LogP contribution in [0.3, 0.4) is 0 Å². The van der Waals surface area contributed by atoms with E-state index in [9.17, 15) is 4.79 Å². The average Bonchev–Trinajstić information content (AvgIpc) is 2.82. The van der Waals surface area contributed by atoms with Crippen LogP contribution in [0.1, 0.15) is 37.3 Å². The first-order chi connectivity index (χ1) is 15.1. The Hall–Kier alpha value is -3.06. The monoisotopic (exact) mass is 424 g/mol. The molecule has 1 saturated heterocycles. The Bertz CT molecular complexity index is 890. The number of carbonyl (C=O) groups is 1. The van der Waals surface area contributed by atoms with E-state index in [1.165, 1.54) is 19.3 Å². The van der Waals surface area contributed by atoms with Crippen LogP contribution in [-0.4, -0.2) is 50.4 Å². The number of likely N-dealkylation sites (tertiary alicyclic amines) is 1. The second kappa shape index (κ2) is 11.4. The molecule has 7 heteroatoms. The van der Waals surface area contributed by atoms with Gasteiger partial charge in [0.2, 0.25) is 0 Å². The highest BCUT2D eigenvalue weighted by atomic mass is 16.5. The minimum absolute atomic E-state index is 0.131. The SMILES string of the molecule is COc1ccc(NCC(=O)N/N=C(/C)c2ccc(OC)c(CN3CCCCC3)c2)cc1. The van der Waals surface area contributed by atoms with E-state index in [4.69, 9.17) is 9.47 Å². The summed E-state index contributed by atoms with van der Waals surface area (Å²) in [6.07, 6.45) is 3.81. The summed E-state index contributed by atoms with van der Waals surface area (Å²) in [4.78, 5) is 14.6. The Morgan fingerprint density at radius 3 is 2.45 bits per heavy atom. The molecule has 0 saturated carbocycles. The summed E-state index contributed by atoms with van der Waals surface area (Å²) < 4.78 is 10.7. The minimum Gasteiger partial charge on any atom is -0.497 e. The first-order valence-corrected chi connectivity index (χ1v) is 10.7. The van der Waals surface area contributed by atoms with Crippen molar-refractivity contribution in [2.75, 3.05) is 39.2 Å².